The summed E-state index contributed by atoms with van der Waals surface area (Å²) in [4.78, 5) is 3.62. The van der Waals surface area contributed by atoms with E-state index < -0.39 is 0 Å². The molecule has 0 saturated carbocycles. The number of phenols is 2. The molecule has 2 aromatic carbocycles. The molecule has 26 heavy (non-hydrogen) atoms. The molecular formula is C20H26ClN3O2. The first kappa shape index (κ1) is 21.5. The Balaban J connectivity index is 0.000000213. The molecule has 0 aromatic heterocycles. The van der Waals surface area contributed by atoms with Gasteiger partial charge in [0, 0.05) is 31.3 Å². The Labute approximate surface area is 159 Å². The van der Waals surface area contributed by atoms with Crippen molar-refractivity contribution in [2.24, 2.45) is 10.7 Å². The highest BCUT2D eigenvalue weighted by molar-refractivity contribution is 6.32. The number of benzene rings is 2. The Morgan fingerprint density at radius 1 is 1.23 bits per heavy atom. The Bertz CT molecular complexity index is 738. The van der Waals surface area contributed by atoms with Crippen LogP contribution in [0.1, 0.15) is 30.5 Å². The molecule has 0 aliphatic carbocycles. The fraction of sp³-hybridized carbons (Fsp3) is 0.250. The van der Waals surface area contributed by atoms with E-state index in [4.69, 9.17) is 22.4 Å². The van der Waals surface area contributed by atoms with Gasteiger partial charge in [-0.2, -0.15) is 0 Å². The summed E-state index contributed by atoms with van der Waals surface area (Å²) < 4.78 is 0. The first-order valence-electron chi connectivity index (χ1n) is 8.25. The summed E-state index contributed by atoms with van der Waals surface area (Å²) >= 11 is 5.63. The molecule has 0 unspecified atom stereocenters. The molecule has 6 heteroatoms. The van der Waals surface area contributed by atoms with Gasteiger partial charge >= 0.3 is 0 Å². The van der Waals surface area contributed by atoms with E-state index in [9.17, 15) is 5.11 Å². The Hall–Kier alpha value is -2.50. The average Bonchev–Trinajstić information content (AvgIpc) is 3.08. The lowest BCUT2D eigenvalue weighted by atomic mass is 10.1. The first-order valence-corrected chi connectivity index (χ1v) is 8.63. The van der Waals surface area contributed by atoms with Crippen LogP contribution in [-0.2, 0) is 13.1 Å². The van der Waals surface area contributed by atoms with Crippen molar-refractivity contribution in [3.8, 4) is 11.5 Å². The summed E-state index contributed by atoms with van der Waals surface area (Å²) in [7, 11) is 0. The lowest BCUT2D eigenvalue weighted by Gasteiger charge is -2.05. The third kappa shape index (κ3) is 6.78. The first-order chi connectivity index (χ1) is 12.4. The van der Waals surface area contributed by atoms with Crippen molar-refractivity contribution >= 4 is 23.5 Å². The molecule has 5 nitrogen and oxygen atoms in total. The maximum absolute atomic E-state index is 9.31. The van der Waals surface area contributed by atoms with Crippen LogP contribution in [0.25, 0.3) is 5.57 Å². The highest BCUT2D eigenvalue weighted by atomic mass is 35.5. The van der Waals surface area contributed by atoms with Crippen LogP contribution in [0.4, 0.5) is 0 Å². The van der Waals surface area contributed by atoms with Crippen molar-refractivity contribution in [2.75, 3.05) is 6.54 Å². The molecule has 0 atom stereocenters. The van der Waals surface area contributed by atoms with Gasteiger partial charge in [-0.15, -0.1) is 0 Å². The predicted octanol–water partition coefficient (Wildman–Crippen LogP) is 4.07. The number of hydrogen-bond donors (Lipinski definition) is 4. The van der Waals surface area contributed by atoms with Gasteiger partial charge in [0.15, 0.2) is 0 Å². The summed E-state index contributed by atoms with van der Waals surface area (Å²) in [6.45, 7) is 10.2. The molecule has 1 aliphatic rings. The summed E-state index contributed by atoms with van der Waals surface area (Å²) in [5, 5.41) is 21.9. The Morgan fingerprint density at radius 3 is 2.23 bits per heavy atom. The monoisotopic (exact) mass is 375 g/mol. The molecule has 0 amide bonds. The van der Waals surface area contributed by atoms with Crippen LogP contribution in [0.5, 0.6) is 11.5 Å². The van der Waals surface area contributed by atoms with Gasteiger partial charge < -0.3 is 21.3 Å². The zero-order chi connectivity index (χ0) is 19.5. The molecule has 0 saturated heterocycles. The molecule has 0 bridgehead atoms. The molecule has 1 heterocycles. The number of aromatic hydroxyl groups is 2. The van der Waals surface area contributed by atoms with E-state index in [-0.39, 0.29) is 16.5 Å². The van der Waals surface area contributed by atoms with Gasteiger partial charge in [-0.1, -0.05) is 42.4 Å². The van der Waals surface area contributed by atoms with Gasteiger partial charge in [0.2, 0.25) is 0 Å². The highest BCUT2D eigenvalue weighted by Crippen LogP contribution is 2.33. The zero-order valence-corrected chi connectivity index (χ0v) is 15.9. The molecule has 1 aliphatic heterocycles. The van der Waals surface area contributed by atoms with E-state index in [1.165, 1.54) is 29.6 Å². The molecule has 140 valence electrons. The number of allylic oxidation sites excluding steroid dienone is 1. The normalized spacial score (nSPS) is 11.8. The van der Waals surface area contributed by atoms with Crippen LogP contribution >= 0.6 is 11.6 Å². The zero-order valence-electron chi connectivity index (χ0n) is 15.2. The number of rotatable bonds is 2. The number of aliphatic imine (C=N–C) groups is 1. The van der Waals surface area contributed by atoms with E-state index in [0.717, 1.165) is 19.6 Å². The van der Waals surface area contributed by atoms with Gasteiger partial charge in [-0.05, 0) is 36.6 Å². The fourth-order valence-electron chi connectivity index (χ4n) is 2.23. The third-order valence-electron chi connectivity index (χ3n) is 3.56. The average molecular weight is 376 g/mol. The second-order valence-corrected chi connectivity index (χ2v) is 6.03. The molecule has 3 rings (SSSR count). The predicted molar refractivity (Wildman–Crippen MR) is 110 cm³/mol. The standard InChI is InChI=1S/C9H9ClO2.C8H9N.C3H8N2/c1-5(2)6-3-7(10)9(12)4-8(6)11;1-2-4-8-6-9-5-7(8)3-1;1-2-5-3-4/h3-4,11-12H,1H2,2H3;1-4,9H,5-6H2;3H,2H2,1H3,(H2,4,5). The summed E-state index contributed by atoms with van der Waals surface area (Å²) in [6.07, 6.45) is 1.31. The van der Waals surface area contributed by atoms with Crippen molar-refractivity contribution < 1.29 is 10.2 Å². The van der Waals surface area contributed by atoms with Crippen LogP contribution in [0.3, 0.4) is 0 Å². The number of fused-ring (bicyclic) bond motifs is 1. The van der Waals surface area contributed by atoms with Crippen LogP contribution < -0.4 is 11.1 Å². The molecule has 0 radical (unpaired) electrons. The topological polar surface area (TPSA) is 90.9 Å². The van der Waals surface area contributed by atoms with Gasteiger partial charge in [0.25, 0.3) is 0 Å². The molecule has 0 fully saturated rings. The summed E-state index contributed by atoms with van der Waals surface area (Å²) in [6, 6.07) is 11.2. The molecule has 5 N–H and O–H groups in total. The highest BCUT2D eigenvalue weighted by Gasteiger charge is 2.07. The minimum absolute atomic E-state index is 0.00981. The molecule has 0 spiro atoms. The lowest BCUT2D eigenvalue weighted by molar-refractivity contribution is 0.449. The van der Waals surface area contributed by atoms with Gasteiger partial charge in [0.1, 0.15) is 11.5 Å². The van der Waals surface area contributed by atoms with E-state index in [1.54, 1.807) is 6.92 Å². The minimum Gasteiger partial charge on any atom is -0.507 e. The fourth-order valence-corrected chi connectivity index (χ4v) is 2.40. The molecular weight excluding hydrogens is 350 g/mol. The van der Waals surface area contributed by atoms with Gasteiger partial charge in [-0.25, -0.2) is 0 Å². The molecule has 2 aromatic rings. The van der Waals surface area contributed by atoms with Gasteiger partial charge in [0.05, 0.1) is 11.4 Å². The SMILES string of the molecule is C=C(C)c1cc(Cl)c(O)cc1O.CCN=CN.c1ccc2c(c1)CNC2. The van der Waals surface area contributed by atoms with Crippen LogP contribution in [0, 0.1) is 0 Å². The minimum atomic E-state index is -0.126. The van der Waals surface area contributed by atoms with E-state index in [2.05, 4.69) is 41.2 Å². The number of nitrogens with zero attached hydrogens (tertiary/aromatic N) is 1. The van der Waals surface area contributed by atoms with Crippen molar-refractivity contribution in [2.45, 2.75) is 26.9 Å². The third-order valence-corrected chi connectivity index (χ3v) is 3.86. The number of nitrogens with two attached hydrogens (primary N) is 1. The quantitative estimate of drug-likeness (QED) is 0.470. The van der Waals surface area contributed by atoms with Crippen LogP contribution in [0.2, 0.25) is 5.02 Å². The van der Waals surface area contributed by atoms with E-state index in [0.29, 0.717) is 11.1 Å². The van der Waals surface area contributed by atoms with Crippen LogP contribution in [-0.4, -0.2) is 23.1 Å². The van der Waals surface area contributed by atoms with Gasteiger partial charge in [-0.3, -0.25) is 4.99 Å². The second kappa shape index (κ2) is 11.2. The van der Waals surface area contributed by atoms with Crippen molar-refractivity contribution in [1.82, 2.24) is 5.32 Å². The van der Waals surface area contributed by atoms with Crippen molar-refractivity contribution in [1.29, 1.82) is 0 Å². The maximum Gasteiger partial charge on any atom is 0.137 e. The number of phenolic OH excluding ortho intramolecular Hbond substituents is 2. The number of hydrogen-bond acceptors (Lipinski definition) is 4. The Kier molecular flexibility index (Phi) is 9.26. The largest absolute Gasteiger partial charge is 0.507 e. The summed E-state index contributed by atoms with van der Waals surface area (Å²) in [5.41, 5.74) is 9.02. The van der Waals surface area contributed by atoms with E-state index in [1.807, 2.05) is 6.92 Å². The number of nitrogens with one attached hydrogen (secondary N) is 1. The van der Waals surface area contributed by atoms with Crippen molar-refractivity contribution in [3.63, 3.8) is 0 Å². The van der Waals surface area contributed by atoms with Crippen molar-refractivity contribution in [3.05, 3.63) is 64.7 Å². The number of halogens is 1. The second-order valence-electron chi connectivity index (χ2n) is 5.62. The lowest BCUT2D eigenvalue weighted by Crippen LogP contribution is -1.99. The van der Waals surface area contributed by atoms with Crippen LogP contribution in [0.15, 0.2) is 48.0 Å². The Morgan fingerprint density at radius 2 is 1.81 bits per heavy atom. The smallest absolute Gasteiger partial charge is 0.137 e. The maximum atomic E-state index is 9.31. The van der Waals surface area contributed by atoms with E-state index >= 15 is 0 Å². The summed E-state index contributed by atoms with van der Waals surface area (Å²) in [5.74, 6) is -0.136.